The van der Waals surface area contributed by atoms with Gasteiger partial charge >= 0.3 is 5.97 Å². The summed E-state index contributed by atoms with van der Waals surface area (Å²) in [6.07, 6.45) is 1.99. The van der Waals surface area contributed by atoms with Crippen molar-refractivity contribution in [3.05, 3.63) is 81.9 Å². The zero-order valence-corrected chi connectivity index (χ0v) is 15.8. The summed E-state index contributed by atoms with van der Waals surface area (Å²) >= 11 is 0. The topological polar surface area (TPSA) is 107 Å². The van der Waals surface area contributed by atoms with Gasteiger partial charge in [0, 0.05) is 18.7 Å². The molecule has 0 saturated carbocycles. The van der Waals surface area contributed by atoms with Crippen molar-refractivity contribution in [3.8, 4) is 0 Å². The highest BCUT2D eigenvalue weighted by Gasteiger charge is 2.39. The van der Waals surface area contributed by atoms with Crippen LogP contribution in [0.4, 0.5) is 5.69 Å². The number of methoxy groups -OCH3 is 1. The molecule has 1 aliphatic heterocycles. The Kier molecular flexibility index (Phi) is 5.57. The molecule has 0 amide bonds. The summed E-state index contributed by atoms with van der Waals surface area (Å²) in [6, 6.07) is 12.5. The lowest BCUT2D eigenvalue weighted by Crippen LogP contribution is -2.40. The zero-order valence-electron chi connectivity index (χ0n) is 15.0. The largest absolute Gasteiger partial charge is 0.466 e. The van der Waals surface area contributed by atoms with Gasteiger partial charge in [-0.15, -0.1) is 0 Å². The highest BCUT2D eigenvalue weighted by Crippen LogP contribution is 2.37. The van der Waals surface area contributed by atoms with E-state index in [0.717, 1.165) is 0 Å². The Hall–Kier alpha value is -3.04. The molecule has 0 radical (unpaired) electrons. The van der Waals surface area contributed by atoms with Crippen molar-refractivity contribution in [1.29, 1.82) is 0 Å². The van der Waals surface area contributed by atoms with Gasteiger partial charge in [-0.05, 0) is 24.1 Å². The van der Waals surface area contributed by atoms with Gasteiger partial charge in [0.15, 0.2) is 0 Å². The first-order valence-electron chi connectivity index (χ1n) is 8.46. The smallest absolute Gasteiger partial charge is 0.335 e. The lowest BCUT2D eigenvalue weighted by Gasteiger charge is -2.34. The highest BCUT2D eigenvalue weighted by molar-refractivity contribution is 7.89. The van der Waals surface area contributed by atoms with E-state index < -0.39 is 27.0 Å². The minimum atomic E-state index is -3.91. The number of rotatable bonds is 5. The van der Waals surface area contributed by atoms with Crippen molar-refractivity contribution in [3.63, 3.8) is 0 Å². The summed E-state index contributed by atoms with van der Waals surface area (Å²) in [7, 11) is -2.69. The minimum absolute atomic E-state index is 0.105. The van der Waals surface area contributed by atoms with E-state index in [2.05, 4.69) is 0 Å². The maximum absolute atomic E-state index is 13.2. The molecule has 2 aromatic carbocycles. The Bertz CT molecular complexity index is 1020. The van der Waals surface area contributed by atoms with E-state index in [1.807, 2.05) is 0 Å². The molecular formula is C19H18N2O6S. The van der Waals surface area contributed by atoms with E-state index in [9.17, 15) is 23.3 Å². The summed E-state index contributed by atoms with van der Waals surface area (Å²) in [6.45, 7) is 0.166. The minimum Gasteiger partial charge on any atom is -0.466 e. The van der Waals surface area contributed by atoms with Gasteiger partial charge in [-0.2, -0.15) is 4.31 Å². The number of esters is 1. The van der Waals surface area contributed by atoms with Gasteiger partial charge < -0.3 is 4.74 Å². The molecule has 1 atom stereocenters. The monoisotopic (exact) mass is 402 g/mol. The van der Waals surface area contributed by atoms with Crippen molar-refractivity contribution in [1.82, 2.24) is 4.31 Å². The number of hydrogen-bond donors (Lipinski definition) is 0. The molecule has 0 saturated heterocycles. The van der Waals surface area contributed by atoms with Crippen LogP contribution in [-0.4, -0.2) is 37.3 Å². The summed E-state index contributed by atoms with van der Waals surface area (Å²) in [5, 5.41) is 10.9. The van der Waals surface area contributed by atoms with Crippen molar-refractivity contribution in [2.75, 3.05) is 13.7 Å². The average molecular weight is 402 g/mol. The Morgan fingerprint density at radius 3 is 2.36 bits per heavy atom. The second-order valence-electron chi connectivity index (χ2n) is 6.12. The summed E-state index contributed by atoms with van der Waals surface area (Å²) < 4.78 is 32.5. The fourth-order valence-electron chi connectivity index (χ4n) is 3.17. The first-order valence-corrected chi connectivity index (χ1v) is 9.90. The zero-order chi connectivity index (χ0) is 20.3. The maximum atomic E-state index is 13.2. The predicted molar refractivity (Wildman–Crippen MR) is 101 cm³/mol. The van der Waals surface area contributed by atoms with Gasteiger partial charge in [-0.25, -0.2) is 13.2 Å². The number of sulfonamides is 1. The number of nitrogens with zero attached hydrogens (tertiary/aromatic N) is 2. The van der Waals surface area contributed by atoms with Crippen LogP contribution < -0.4 is 0 Å². The maximum Gasteiger partial charge on any atom is 0.335 e. The standard InChI is InChI=1S/C19H18N2O6S/c1-27-19(22)17-8-5-13-20(28(25,26)16-6-3-2-4-7-16)18(17)14-9-11-15(12-10-14)21(23)24/h2-4,6-12,18H,5,13H2,1H3. The van der Waals surface area contributed by atoms with E-state index in [4.69, 9.17) is 4.74 Å². The quantitative estimate of drug-likeness (QED) is 0.432. The Morgan fingerprint density at radius 1 is 1.14 bits per heavy atom. The van der Waals surface area contributed by atoms with Gasteiger partial charge in [0.05, 0.1) is 28.5 Å². The van der Waals surface area contributed by atoms with Gasteiger partial charge in [0.1, 0.15) is 0 Å². The van der Waals surface area contributed by atoms with Crippen molar-refractivity contribution < 1.29 is 22.9 Å². The normalized spacial score (nSPS) is 17.6. The third kappa shape index (κ3) is 3.67. The molecule has 0 bridgehead atoms. The second kappa shape index (κ2) is 7.91. The molecule has 2 aromatic rings. The number of carbonyl (C=O) groups is 1. The third-order valence-corrected chi connectivity index (χ3v) is 6.37. The van der Waals surface area contributed by atoms with Crippen molar-refractivity contribution in [2.45, 2.75) is 17.4 Å². The SMILES string of the molecule is COC(=O)C1=CCCN(S(=O)(=O)c2ccccc2)C1c1ccc([N+](=O)[O-])cc1. The number of benzene rings is 2. The van der Waals surface area contributed by atoms with Gasteiger partial charge in [-0.3, -0.25) is 10.1 Å². The number of nitro benzene ring substituents is 1. The molecule has 1 unspecified atom stereocenters. The molecule has 0 aromatic heterocycles. The lowest BCUT2D eigenvalue weighted by molar-refractivity contribution is -0.384. The predicted octanol–water partition coefficient (Wildman–Crippen LogP) is 2.83. The van der Waals surface area contributed by atoms with Crippen LogP contribution >= 0.6 is 0 Å². The third-order valence-electron chi connectivity index (χ3n) is 4.49. The fourth-order valence-corrected chi connectivity index (χ4v) is 4.80. The van der Waals surface area contributed by atoms with Crippen molar-refractivity contribution in [2.24, 2.45) is 0 Å². The second-order valence-corrected chi connectivity index (χ2v) is 8.01. The van der Waals surface area contributed by atoms with Crippen LogP contribution in [0.15, 0.2) is 71.1 Å². The molecule has 1 aliphatic rings. The van der Waals surface area contributed by atoms with Crippen LogP contribution in [0, 0.1) is 10.1 Å². The average Bonchev–Trinajstić information content (AvgIpc) is 2.73. The summed E-state index contributed by atoms with van der Waals surface area (Å²) in [5.41, 5.74) is 0.504. The summed E-state index contributed by atoms with van der Waals surface area (Å²) in [4.78, 5) is 22.8. The van der Waals surface area contributed by atoms with Crippen LogP contribution in [0.3, 0.4) is 0 Å². The Labute approximate surface area is 162 Å². The lowest BCUT2D eigenvalue weighted by atomic mass is 9.95. The first-order chi connectivity index (χ1) is 13.4. The van der Waals surface area contributed by atoms with E-state index in [1.54, 1.807) is 24.3 Å². The van der Waals surface area contributed by atoms with Crippen LogP contribution in [0.1, 0.15) is 18.0 Å². The molecule has 3 rings (SSSR count). The number of nitro groups is 1. The molecule has 8 nitrogen and oxygen atoms in total. The van der Waals surface area contributed by atoms with Crippen LogP contribution in [-0.2, 0) is 19.6 Å². The van der Waals surface area contributed by atoms with Crippen LogP contribution in [0.2, 0.25) is 0 Å². The molecule has 1 heterocycles. The molecule has 0 aliphatic carbocycles. The Balaban J connectivity index is 2.12. The van der Waals surface area contributed by atoms with E-state index in [1.165, 1.54) is 47.8 Å². The molecule has 28 heavy (non-hydrogen) atoms. The molecular weight excluding hydrogens is 384 g/mol. The fraction of sp³-hybridized carbons (Fsp3) is 0.211. The first kappa shape index (κ1) is 19.7. The summed E-state index contributed by atoms with van der Waals surface area (Å²) in [5.74, 6) is -0.642. The van der Waals surface area contributed by atoms with Gasteiger partial charge in [0.25, 0.3) is 5.69 Å². The van der Waals surface area contributed by atoms with E-state index >= 15 is 0 Å². The molecule has 9 heteroatoms. The molecule has 146 valence electrons. The molecule has 0 spiro atoms. The van der Waals surface area contributed by atoms with Crippen LogP contribution in [0.5, 0.6) is 0 Å². The number of ether oxygens (including phenoxy) is 1. The number of carbonyl (C=O) groups excluding carboxylic acids is 1. The molecule has 0 N–H and O–H groups in total. The van der Waals surface area contributed by atoms with Crippen molar-refractivity contribution >= 4 is 21.7 Å². The highest BCUT2D eigenvalue weighted by atomic mass is 32.2. The van der Waals surface area contributed by atoms with Crippen LogP contribution in [0.25, 0.3) is 0 Å². The molecule has 0 fully saturated rings. The van der Waals surface area contributed by atoms with Gasteiger partial charge in [-0.1, -0.05) is 36.4 Å². The Morgan fingerprint density at radius 2 is 1.79 bits per heavy atom. The van der Waals surface area contributed by atoms with E-state index in [-0.39, 0.29) is 22.7 Å². The number of hydrogen-bond acceptors (Lipinski definition) is 6. The van der Waals surface area contributed by atoms with Gasteiger partial charge in [0.2, 0.25) is 10.0 Å². The number of non-ortho nitro benzene ring substituents is 1. The van der Waals surface area contributed by atoms with E-state index in [0.29, 0.717) is 12.0 Å².